The molecule has 2 unspecified atom stereocenters. The maximum atomic E-state index is 14.8. The number of carbonyl (C=O) groups excluding carboxylic acids is 1. The lowest BCUT2D eigenvalue weighted by Crippen LogP contribution is -2.37. The quantitative estimate of drug-likeness (QED) is 0.269. The first-order valence-electron chi connectivity index (χ1n) is 17.4. The molecule has 2 aliphatic heterocycles. The van der Waals surface area contributed by atoms with Crippen LogP contribution in [0.3, 0.4) is 0 Å². The van der Waals surface area contributed by atoms with Gasteiger partial charge in [-0.3, -0.25) is 4.79 Å². The van der Waals surface area contributed by atoms with Crippen molar-refractivity contribution in [3.05, 3.63) is 70.8 Å². The largest absolute Gasteiger partial charge is 0.393 e. The van der Waals surface area contributed by atoms with Crippen LogP contribution in [0.4, 0.5) is 0 Å². The Balaban J connectivity index is 1.56. The molecule has 0 bridgehead atoms. The zero-order valence-electron chi connectivity index (χ0n) is 28.5. The fourth-order valence-corrected chi connectivity index (χ4v) is 6.94. The highest BCUT2D eigenvalue weighted by atomic mass is 16.3. The van der Waals surface area contributed by atoms with Gasteiger partial charge in [0.15, 0.2) is 0 Å². The second-order valence-electron chi connectivity index (χ2n) is 15.7. The van der Waals surface area contributed by atoms with Crippen LogP contribution >= 0.6 is 0 Å². The minimum atomic E-state index is -0.164. The van der Waals surface area contributed by atoms with Crippen LogP contribution in [0, 0.1) is 0 Å². The topological polar surface area (TPSA) is 64.0 Å². The van der Waals surface area contributed by atoms with Gasteiger partial charge >= 0.3 is 0 Å². The van der Waals surface area contributed by atoms with Gasteiger partial charge < -0.3 is 20.0 Å². The molecule has 2 saturated heterocycles. The van der Waals surface area contributed by atoms with Crippen LogP contribution in [0.2, 0.25) is 0 Å². The second kappa shape index (κ2) is 15.5. The van der Waals surface area contributed by atoms with Crippen molar-refractivity contribution in [1.82, 2.24) is 9.80 Å². The van der Waals surface area contributed by atoms with E-state index in [0.717, 1.165) is 102 Å². The van der Waals surface area contributed by atoms with Crippen molar-refractivity contribution in [2.45, 2.75) is 128 Å². The van der Waals surface area contributed by atoms with Crippen molar-refractivity contribution in [3.8, 4) is 0 Å². The highest BCUT2D eigenvalue weighted by Crippen LogP contribution is 2.35. The van der Waals surface area contributed by atoms with Gasteiger partial charge in [0.1, 0.15) is 5.78 Å². The van der Waals surface area contributed by atoms with E-state index in [4.69, 9.17) is 0 Å². The molecule has 2 aromatic rings. The Hall–Kier alpha value is -2.05. The summed E-state index contributed by atoms with van der Waals surface area (Å²) in [6.07, 6.45) is 6.68. The van der Waals surface area contributed by atoms with E-state index in [1.165, 1.54) is 11.1 Å². The number of aliphatic hydroxyl groups excluding tert-OH is 2. The third-order valence-electron chi connectivity index (χ3n) is 10.1. The Morgan fingerprint density at radius 3 is 1.25 bits per heavy atom. The van der Waals surface area contributed by atoms with Crippen LogP contribution in [0.15, 0.2) is 48.5 Å². The summed E-state index contributed by atoms with van der Waals surface area (Å²) in [5.74, 6) is 0.0637. The average molecular weight is 605 g/mol. The van der Waals surface area contributed by atoms with Gasteiger partial charge in [0, 0.05) is 38.0 Å². The zero-order valence-corrected chi connectivity index (χ0v) is 28.5. The summed E-state index contributed by atoms with van der Waals surface area (Å²) in [5, 5.41) is 19.9. The maximum absolute atomic E-state index is 14.8. The van der Waals surface area contributed by atoms with Gasteiger partial charge in [-0.25, -0.2) is 0 Å². The van der Waals surface area contributed by atoms with E-state index in [0.29, 0.717) is 5.78 Å². The zero-order chi connectivity index (χ0) is 31.9. The number of ketones is 1. The SMILES string of the molecule is CC(C)(C)c1ccc(C(CCCN2CCC(O)CC2)C(=O)C(CCCN2CCC(O)CC2)c2ccc(C(C)(C)C)cc2)cc1. The Morgan fingerprint density at radius 2 is 0.955 bits per heavy atom. The van der Waals surface area contributed by atoms with Crippen molar-refractivity contribution in [2.24, 2.45) is 0 Å². The van der Waals surface area contributed by atoms with Gasteiger partial charge in [-0.15, -0.1) is 0 Å². The van der Waals surface area contributed by atoms with Gasteiger partial charge in [-0.2, -0.15) is 0 Å². The van der Waals surface area contributed by atoms with Crippen molar-refractivity contribution in [1.29, 1.82) is 0 Å². The number of likely N-dealkylation sites (tertiary alicyclic amines) is 2. The van der Waals surface area contributed by atoms with Crippen LogP contribution in [-0.4, -0.2) is 77.3 Å². The van der Waals surface area contributed by atoms with E-state index in [1.807, 2.05) is 0 Å². The summed E-state index contributed by atoms with van der Waals surface area (Å²) in [6, 6.07) is 17.7. The Kier molecular flexibility index (Phi) is 12.3. The molecule has 0 aliphatic carbocycles. The molecular weight excluding hydrogens is 544 g/mol. The number of piperidine rings is 2. The highest BCUT2D eigenvalue weighted by molar-refractivity contribution is 5.91. The first kappa shape index (κ1) is 34.8. The number of Topliss-reactive ketones (excluding diaryl/α,β-unsaturated/α-hetero) is 1. The predicted molar refractivity (Wildman–Crippen MR) is 183 cm³/mol. The Bertz CT molecular complexity index is 1050. The summed E-state index contributed by atoms with van der Waals surface area (Å²) in [5.41, 5.74) is 4.99. The third kappa shape index (κ3) is 9.97. The number of hydrogen-bond acceptors (Lipinski definition) is 5. The van der Waals surface area contributed by atoms with E-state index >= 15 is 0 Å². The second-order valence-corrected chi connectivity index (χ2v) is 15.7. The van der Waals surface area contributed by atoms with E-state index in [2.05, 4.69) is 99.9 Å². The fourth-order valence-electron chi connectivity index (χ4n) is 6.94. The third-order valence-corrected chi connectivity index (χ3v) is 10.1. The minimum Gasteiger partial charge on any atom is -0.393 e. The molecule has 0 saturated carbocycles. The monoisotopic (exact) mass is 604 g/mol. The summed E-state index contributed by atoms with van der Waals surface area (Å²) < 4.78 is 0. The molecule has 244 valence electrons. The molecule has 44 heavy (non-hydrogen) atoms. The van der Waals surface area contributed by atoms with E-state index < -0.39 is 0 Å². The molecule has 0 amide bonds. The lowest BCUT2D eigenvalue weighted by atomic mass is 9.77. The number of nitrogens with zero attached hydrogens (tertiary/aromatic N) is 2. The van der Waals surface area contributed by atoms with E-state index in [9.17, 15) is 15.0 Å². The minimum absolute atomic E-state index is 0.0681. The first-order chi connectivity index (χ1) is 20.8. The molecule has 2 atom stereocenters. The molecule has 2 fully saturated rings. The number of aliphatic hydroxyl groups is 2. The number of benzene rings is 2. The molecule has 2 heterocycles. The van der Waals surface area contributed by atoms with Crippen molar-refractivity contribution in [3.63, 3.8) is 0 Å². The molecule has 0 aromatic heterocycles. The number of rotatable bonds is 12. The smallest absolute Gasteiger partial charge is 0.147 e. The van der Waals surface area contributed by atoms with Gasteiger partial charge in [0.2, 0.25) is 0 Å². The van der Waals surface area contributed by atoms with Crippen LogP contribution in [0.25, 0.3) is 0 Å². The lowest BCUT2D eigenvalue weighted by molar-refractivity contribution is -0.122. The standard InChI is InChI=1S/C39H60N2O3/c1-38(2,3)31-15-11-29(12-16-31)35(9-7-23-40-25-19-33(42)20-26-40)37(44)36(10-8-24-41-27-21-34(43)22-28-41)30-13-17-32(18-14-30)39(4,5)6/h11-18,33-36,42-43H,7-10,19-28H2,1-6H3. The molecule has 5 nitrogen and oxygen atoms in total. The summed E-state index contributed by atoms with van der Waals surface area (Å²) in [7, 11) is 0. The molecule has 0 radical (unpaired) electrons. The summed E-state index contributed by atoms with van der Waals surface area (Å²) in [4.78, 5) is 19.7. The van der Waals surface area contributed by atoms with E-state index in [1.54, 1.807) is 0 Å². The predicted octanol–water partition coefficient (Wildman–Crippen LogP) is 7.19. The van der Waals surface area contributed by atoms with Crippen LogP contribution in [0.1, 0.15) is 127 Å². The normalized spacial score (nSPS) is 19.6. The molecular formula is C39H60N2O3. The van der Waals surface area contributed by atoms with Gasteiger partial charge in [0.25, 0.3) is 0 Å². The lowest BCUT2D eigenvalue weighted by Gasteiger charge is -2.31. The first-order valence-corrected chi connectivity index (χ1v) is 17.4. The van der Waals surface area contributed by atoms with Crippen LogP contribution in [0.5, 0.6) is 0 Å². The highest BCUT2D eigenvalue weighted by Gasteiger charge is 2.31. The molecule has 2 aliphatic rings. The summed E-state index contributed by atoms with van der Waals surface area (Å²) >= 11 is 0. The average Bonchev–Trinajstić information content (AvgIpc) is 2.98. The molecule has 2 aromatic carbocycles. The molecule has 4 rings (SSSR count). The number of hydrogen-bond donors (Lipinski definition) is 2. The molecule has 5 heteroatoms. The van der Waals surface area contributed by atoms with Crippen molar-refractivity contribution >= 4 is 5.78 Å². The van der Waals surface area contributed by atoms with Crippen LogP contribution < -0.4 is 0 Å². The molecule has 2 N–H and O–H groups in total. The van der Waals surface area contributed by atoms with Crippen molar-refractivity contribution < 1.29 is 15.0 Å². The Morgan fingerprint density at radius 1 is 0.636 bits per heavy atom. The van der Waals surface area contributed by atoms with Gasteiger partial charge in [-0.05, 0) is 97.5 Å². The van der Waals surface area contributed by atoms with Crippen molar-refractivity contribution in [2.75, 3.05) is 39.3 Å². The maximum Gasteiger partial charge on any atom is 0.147 e. The number of carbonyl (C=O) groups is 1. The van der Waals surface area contributed by atoms with Gasteiger partial charge in [0.05, 0.1) is 12.2 Å². The van der Waals surface area contributed by atoms with Gasteiger partial charge in [-0.1, -0.05) is 90.1 Å². The van der Waals surface area contributed by atoms with Crippen LogP contribution in [-0.2, 0) is 15.6 Å². The van der Waals surface area contributed by atoms with E-state index in [-0.39, 0.29) is 34.9 Å². The molecule has 0 spiro atoms. The summed E-state index contributed by atoms with van der Waals surface area (Å²) in [6.45, 7) is 19.1. The fraction of sp³-hybridized carbons (Fsp3) is 0.667. The Labute approximate surface area is 268 Å².